The minimum absolute atomic E-state index is 0.169. The number of carbonyl (C=O) groups is 2. The Bertz CT molecular complexity index is 1170. The van der Waals surface area contributed by atoms with Gasteiger partial charge in [-0.25, -0.2) is 0 Å². The number of carbonyl (C=O) groups excluding carboxylic acids is 2. The van der Waals surface area contributed by atoms with Crippen LogP contribution in [0, 0.1) is 0 Å². The fraction of sp³-hybridized carbons (Fsp3) is 0.120. The molecule has 1 aliphatic heterocycles. The molecule has 4 rings (SSSR count). The van der Waals surface area contributed by atoms with Crippen LogP contribution >= 0.6 is 11.6 Å². The molecule has 1 heterocycles. The first-order chi connectivity index (χ1) is 15.5. The van der Waals surface area contributed by atoms with Gasteiger partial charge in [-0.05, 0) is 23.3 Å². The largest absolute Gasteiger partial charge is 0.497 e. The molecule has 0 saturated carbocycles. The molecule has 0 saturated heterocycles. The monoisotopic (exact) mass is 448 g/mol. The Morgan fingerprint density at radius 1 is 0.844 bits per heavy atom. The third-order valence-corrected chi connectivity index (χ3v) is 5.36. The minimum Gasteiger partial charge on any atom is -0.497 e. The van der Waals surface area contributed by atoms with Gasteiger partial charge in [0.15, 0.2) is 0 Å². The molecule has 0 aromatic heterocycles. The summed E-state index contributed by atoms with van der Waals surface area (Å²) in [5.41, 5.74) is 2.48. The normalized spacial score (nSPS) is 13.5. The lowest BCUT2D eigenvalue weighted by Crippen LogP contribution is -2.31. The van der Waals surface area contributed by atoms with Crippen LogP contribution in [0.2, 0.25) is 5.02 Å². The van der Waals surface area contributed by atoms with E-state index in [1.165, 1.54) is 4.90 Å². The number of imide groups is 1. The van der Waals surface area contributed by atoms with Crippen molar-refractivity contribution >= 4 is 34.7 Å². The molecule has 3 aromatic rings. The van der Waals surface area contributed by atoms with Crippen molar-refractivity contribution in [1.82, 2.24) is 4.90 Å². The molecule has 1 N–H and O–H groups in total. The summed E-state index contributed by atoms with van der Waals surface area (Å²) in [6, 6.07) is 21.4. The van der Waals surface area contributed by atoms with E-state index in [2.05, 4.69) is 5.32 Å². The van der Waals surface area contributed by atoms with Crippen molar-refractivity contribution in [2.24, 2.45) is 0 Å². The van der Waals surface area contributed by atoms with Crippen LogP contribution in [0.4, 0.5) is 5.69 Å². The molecule has 0 bridgehead atoms. The maximum absolute atomic E-state index is 13.4. The number of halogens is 1. The molecule has 162 valence electrons. The van der Waals surface area contributed by atoms with Crippen LogP contribution in [0.15, 0.2) is 78.5 Å². The lowest BCUT2D eigenvalue weighted by Gasteiger charge is -2.15. The molecule has 0 radical (unpaired) electrons. The van der Waals surface area contributed by atoms with Crippen molar-refractivity contribution in [2.75, 3.05) is 19.5 Å². The van der Waals surface area contributed by atoms with E-state index < -0.39 is 5.91 Å². The Morgan fingerprint density at radius 2 is 1.47 bits per heavy atom. The van der Waals surface area contributed by atoms with Gasteiger partial charge in [0.1, 0.15) is 17.2 Å². The first kappa shape index (κ1) is 21.5. The summed E-state index contributed by atoms with van der Waals surface area (Å²) in [4.78, 5) is 28.0. The topological polar surface area (TPSA) is 67.9 Å². The summed E-state index contributed by atoms with van der Waals surface area (Å²) < 4.78 is 10.6. The van der Waals surface area contributed by atoms with E-state index in [1.54, 1.807) is 56.7 Å². The van der Waals surface area contributed by atoms with E-state index >= 15 is 0 Å². The standard InChI is InChI=1S/C25H21ClN2O4/c1-31-20-12-19(13-21(14-20)32-2)27-23-22(17-8-10-18(26)11-9-17)24(29)28(25(23)30)15-16-6-4-3-5-7-16/h3-14,27H,15H2,1-2H3. The Balaban J connectivity index is 1.76. The van der Waals surface area contributed by atoms with Crippen molar-refractivity contribution in [2.45, 2.75) is 6.54 Å². The van der Waals surface area contributed by atoms with Gasteiger partial charge < -0.3 is 14.8 Å². The quantitative estimate of drug-likeness (QED) is 0.528. The van der Waals surface area contributed by atoms with Crippen molar-refractivity contribution in [1.29, 1.82) is 0 Å². The molecular weight excluding hydrogens is 428 g/mol. The molecular formula is C25H21ClN2O4. The zero-order valence-electron chi connectivity index (χ0n) is 17.6. The van der Waals surface area contributed by atoms with E-state index in [0.717, 1.165) is 5.56 Å². The predicted molar refractivity (Wildman–Crippen MR) is 124 cm³/mol. The Kier molecular flexibility index (Phi) is 6.14. The maximum atomic E-state index is 13.4. The van der Waals surface area contributed by atoms with Gasteiger partial charge in [-0.1, -0.05) is 54.1 Å². The molecule has 0 atom stereocenters. The average Bonchev–Trinajstić information content (AvgIpc) is 3.04. The molecule has 2 amide bonds. The molecule has 7 heteroatoms. The smallest absolute Gasteiger partial charge is 0.278 e. The predicted octanol–water partition coefficient (Wildman–Crippen LogP) is 4.75. The number of nitrogens with zero attached hydrogens (tertiary/aromatic N) is 1. The molecule has 6 nitrogen and oxygen atoms in total. The number of anilines is 1. The van der Waals surface area contributed by atoms with Gasteiger partial charge in [0, 0.05) is 28.9 Å². The van der Waals surface area contributed by atoms with E-state index in [9.17, 15) is 9.59 Å². The summed E-state index contributed by atoms with van der Waals surface area (Å²) in [6.45, 7) is 0.169. The third kappa shape index (κ3) is 4.31. The van der Waals surface area contributed by atoms with Gasteiger partial charge in [-0.15, -0.1) is 0 Å². The first-order valence-corrected chi connectivity index (χ1v) is 10.3. The summed E-state index contributed by atoms with van der Waals surface area (Å²) in [5, 5.41) is 3.67. The SMILES string of the molecule is COc1cc(NC2=C(c3ccc(Cl)cc3)C(=O)N(Cc3ccccc3)C2=O)cc(OC)c1. The van der Waals surface area contributed by atoms with Crippen LogP contribution in [0.25, 0.3) is 5.57 Å². The summed E-state index contributed by atoms with van der Waals surface area (Å²) in [5.74, 6) is 0.320. The number of ether oxygens (including phenoxy) is 2. The van der Waals surface area contributed by atoms with Crippen LogP contribution < -0.4 is 14.8 Å². The molecule has 0 spiro atoms. The number of methoxy groups -OCH3 is 2. The van der Waals surface area contributed by atoms with E-state index in [4.69, 9.17) is 21.1 Å². The van der Waals surface area contributed by atoms with Crippen LogP contribution in [-0.4, -0.2) is 30.9 Å². The third-order valence-electron chi connectivity index (χ3n) is 5.11. The van der Waals surface area contributed by atoms with E-state index in [-0.39, 0.29) is 23.7 Å². The highest BCUT2D eigenvalue weighted by molar-refractivity contribution is 6.36. The molecule has 0 unspecified atom stereocenters. The molecule has 1 aliphatic rings. The number of hydrogen-bond donors (Lipinski definition) is 1. The van der Waals surface area contributed by atoms with Crippen molar-refractivity contribution in [3.8, 4) is 11.5 Å². The summed E-state index contributed by atoms with van der Waals surface area (Å²) in [7, 11) is 3.09. The van der Waals surface area contributed by atoms with Gasteiger partial charge >= 0.3 is 0 Å². The maximum Gasteiger partial charge on any atom is 0.278 e. The molecule has 0 aliphatic carbocycles. The number of rotatable bonds is 7. The fourth-order valence-electron chi connectivity index (χ4n) is 3.51. The number of nitrogens with one attached hydrogen (secondary N) is 1. The van der Waals surface area contributed by atoms with Crippen LogP contribution in [-0.2, 0) is 16.1 Å². The van der Waals surface area contributed by atoms with Gasteiger partial charge in [0.2, 0.25) is 0 Å². The van der Waals surface area contributed by atoms with Gasteiger partial charge in [-0.3, -0.25) is 14.5 Å². The lowest BCUT2D eigenvalue weighted by molar-refractivity contribution is -0.137. The van der Waals surface area contributed by atoms with Gasteiger partial charge in [-0.2, -0.15) is 0 Å². The van der Waals surface area contributed by atoms with Crippen LogP contribution in [0.3, 0.4) is 0 Å². The fourth-order valence-corrected chi connectivity index (χ4v) is 3.64. The number of hydrogen-bond acceptors (Lipinski definition) is 5. The van der Waals surface area contributed by atoms with Crippen LogP contribution in [0.5, 0.6) is 11.5 Å². The number of amides is 2. The molecule has 0 fully saturated rings. The second-order valence-electron chi connectivity index (χ2n) is 7.17. The zero-order valence-corrected chi connectivity index (χ0v) is 18.3. The Labute approximate surface area is 191 Å². The lowest BCUT2D eigenvalue weighted by atomic mass is 10.0. The highest BCUT2D eigenvalue weighted by Gasteiger charge is 2.39. The second-order valence-corrected chi connectivity index (χ2v) is 7.60. The van der Waals surface area contributed by atoms with Crippen molar-refractivity contribution in [3.63, 3.8) is 0 Å². The Hall–Kier alpha value is -3.77. The van der Waals surface area contributed by atoms with E-state index in [1.807, 2.05) is 30.3 Å². The first-order valence-electron chi connectivity index (χ1n) is 9.90. The summed E-state index contributed by atoms with van der Waals surface area (Å²) in [6.07, 6.45) is 0. The zero-order chi connectivity index (χ0) is 22.7. The second kappa shape index (κ2) is 9.16. The minimum atomic E-state index is -0.411. The highest BCUT2D eigenvalue weighted by atomic mass is 35.5. The Morgan fingerprint density at radius 3 is 2.06 bits per heavy atom. The van der Waals surface area contributed by atoms with Crippen LogP contribution in [0.1, 0.15) is 11.1 Å². The van der Waals surface area contributed by atoms with E-state index in [0.29, 0.717) is 27.8 Å². The van der Waals surface area contributed by atoms with Crippen molar-refractivity contribution < 1.29 is 19.1 Å². The number of benzene rings is 3. The van der Waals surface area contributed by atoms with Gasteiger partial charge in [0.25, 0.3) is 11.8 Å². The van der Waals surface area contributed by atoms with Crippen molar-refractivity contribution in [3.05, 3.63) is 94.6 Å². The average molecular weight is 449 g/mol. The van der Waals surface area contributed by atoms with Gasteiger partial charge in [0.05, 0.1) is 26.3 Å². The highest BCUT2D eigenvalue weighted by Crippen LogP contribution is 2.34. The molecule has 3 aromatic carbocycles. The summed E-state index contributed by atoms with van der Waals surface area (Å²) >= 11 is 6.03. The molecule has 32 heavy (non-hydrogen) atoms.